The van der Waals surface area contributed by atoms with E-state index < -0.39 is 12.0 Å². The van der Waals surface area contributed by atoms with E-state index in [-0.39, 0.29) is 23.6 Å². The van der Waals surface area contributed by atoms with Gasteiger partial charge in [0.15, 0.2) is 0 Å². The number of amides is 1. The molecule has 2 unspecified atom stereocenters. The number of para-hydroxylation sites is 1. The zero-order valence-electron chi connectivity index (χ0n) is 19.2. The maximum absolute atomic E-state index is 12.7. The maximum atomic E-state index is 12.7. The Bertz CT molecular complexity index is 892. The molecule has 1 aliphatic rings. The van der Waals surface area contributed by atoms with Crippen LogP contribution in [0.4, 0.5) is 0 Å². The second kappa shape index (κ2) is 11.3. The number of methoxy groups -OCH3 is 1. The number of carbonyl (C=O) groups is 3. The molecule has 2 atom stereocenters. The SMILES string of the molecule is CC(=O)OC(C)(C)C.COC(=O)C1CC(Oc2ccccc2)CN1C(=O)c1ccccc1. The number of carbonyl (C=O) groups excluding carboxylic acids is 3. The highest BCUT2D eigenvalue weighted by molar-refractivity contribution is 5.97. The zero-order chi connectivity index (χ0) is 23.7. The first-order valence-corrected chi connectivity index (χ1v) is 10.5. The highest BCUT2D eigenvalue weighted by Crippen LogP contribution is 2.25. The Hall–Kier alpha value is -3.35. The van der Waals surface area contributed by atoms with Crippen molar-refractivity contribution in [1.82, 2.24) is 4.90 Å². The number of likely N-dealkylation sites (tertiary alicyclic amines) is 1. The molecule has 0 saturated carbocycles. The topological polar surface area (TPSA) is 82.1 Å². The van der Waals surface area contributed by atoms with Gasteiger partial charge in [-0.1, -0.05) is 36.4 Å². The van der Waals surface area contributed by atoms with Crippen LogP contribution in [0.1, 0.15) is 44.5 Å². The summed E-state index contributed by atoms with van der Waals surface area (Å²) in [4.78, 5) is 36.6. The molecule has 32 heavy (non-hydrogen) atoms. The Kier molecular flexibility index (Phi) is 8.81. The van der Waals surface area contributed by atoms with Crippen molar-refractivity contribution < 1.29 is 28.6 Å². The minimum Gasteiger partial charge on any atom is -0.488 e. The summed E-state index contributed by atoms with van der Waals surface area (Å²) in [7, 11) is 1.33. The van der Waals surface area contributed by atoms with Gasteiger partial charge in [0, 0.05) is 18.9 Å². The molecule has 0 aromatic heterocycles. The number of benzene rings is 2. The Morgan fingerprint density at radius 1 is 0.938 bits per heavy atom. The van der Waals surface area contributed by atoms with E-state index in [1.165, 1.54) is 18.9 Å². The van der Waals surface area contributed by atoms with Crippen LogP contribution >= 0.6 is 0 Å². The number of hydrogen-bond donors (Lipinski definition) is 0. The summed E-state index contributed by atoms with van der Waals surface area (Å²) in [6.45, 7) is 7.28. The minimum atomic E-state index is -0.628. The standard InChI is InChI=1S/C19H19NO4.C6H12O2/c1-23-19(22)17-12-16(24-15-10-6-3-7-11-15)13-20(17)18(21)14-8-4-2-5-9-14;1-5(7)8-6(2,3)4/h2-11,16-17H,12-13H2,1H3;1-4H3. The van der Waals surface area contributed by atoms with Gasteiger partial charge in [-0.05, 0) is 45.0 Å². The summed E-state index contributed by atoms with van der Waals surface area (Å²) in [5.41, 5.74) is 0.220. The number of rotatable bonds is 4. The number of hydrogen-bond acceptors (Lipinski definition) is 6. The predicted octanol–water partition coefficient (Wildman–Crippen LogP) is 3.87. The number of nitrogens with zero attached hydrogens (tertiary/aromatic N) is 1. The molecule has 2 aromatic carbocycles. The van der Waals surface area contributed by atoms with Crippen molar-refractivity contribution in [3.8, 4) is 5.75 Å². The predicted molar refractivity (Wildman–Crippen MR) is 120 cm³/mol. The molecule has 0 radical (unpaired) electrons. The summed E-state index contributed by atoms with van der Waals surface area (Å²) in [5.74, 6) is -0.110. The van der Waals surface area contributed by atoms with Crippen LogP contribution in [-0.2, 0) is 19.1 Å². The molecule has 1 aliphatic heterocycles. The van der Waals surface area contributed by atoms with Crippen LogP contribution in [0, 0.1) is 0 Å². The van der Waals surface area contributed by atoms with E-state index >= 15 is 0 Å². The average molecular weight is 442 g/mol. The van der Waals surface area contributed by atoms with Gasteiger partial charge in [-0.15, -0.1) is 0 Å². The van der Waals surface area contributed by atoms with Crippen molar-refractivity contribution >= 4 is 17.8 Å². The molecule has 0 bridgehead atoms. The van der Waals surface area contributed by atoms with Gasteiger partial charge in [0.25, 0.3) is 5.91 Å². The molecule has 0 spiro atoms. The summed E-state index contributed by atoms with van der Waals surface area (Å²) >= 11 is 0. The van der Waals surface area contributed by atoms with Crippen LogP contribution in [-0.4, -0.2) is 54.1 Å². The molecule has 1 amide bonds. The number of ether oxygens (including phenoxy) is 3. The van der Waals surface area contributed by atoms with Gasteiger partial charge in [-0.3, -0.25) is 9.59 Å². The van der Waals surface area contributed by atoms with E-state index in [4.69, 9.17) is 14.2 Å². The Balaban J connectivity index is 0.000000390. The summed E-state index contributed by atoms with van der Waals surface area (Å²) in [6, 6.07) is 17.7. The normalized spacial score (nSPS) is 17.6. The van der Waals surface area contributed by atoms with Crippen molar-refractivity contribution in [2.24, 2.45) is 0 Å². The second-order valence-corrected chi connectivity index (χ2v) is 8.36. The van der Waals surface area contributed by atoms with Gasteiger partial charge in [0.05, 0.1) is 13.7 Å². The van der Waals surface area contributed by atoms with Crippen molar-refractivity contribution in [2.75, 3.05) is 13.7 Å². The van der Waals surface area contributed by atoms with Crippen molar-refractivity contribution in [1.29, 1.82) is 0 Å². The van der Waals surface area contributed by atoms with E-state index in [2.05, 4.69) is 0 Å². The monoisotopic (exact) mass is 441 g/mol. The van der Waals surface area contributed by atoms with Crippen molar-refractivity contribution in [3.05, 3.63) is 66.2 Å². The van der Waals surface area contributed by atoms with Gasteiger partial charge in [-0.2, -0.15) is 0 Å². The Labute approximate surface area is 189 Å². The molecular formula is C25H31NO6. The molecule has 3 rings (SSSR count). The van der Waals surface area contributed by atoms with Crippen LogP contribution in [0.15, 0.2) is 60.7 Å². The molecular weight excluding hydrogens is 410 g/mol. The Morgan fingerprint density at radius 2 is 1.50 bits per heavy atom. The molecule has 7 heteroatoms. The third kappa shape index (κ3) is 7.72. The smallest absolute Gasteiger partial charge is 0.328 e. The quantitative estimate of drug-likeness (QED) is 0.670. The van der Waals surface area contributed by atoms with E-state index in [0.29, 0.717) is 18.5 Å². The summed E-state index contributed by atoms with van der Waals surface area (Å²) in [6.07, 6.45) is 0.171. The minimum absolute atomic E-state index is 0.190. The van der Waals surface area contributed by atoms with E-state index in [9.17, 15) is 14.4 Å². The molecule has 1 fully saturated rings. The third-order valence-electron chi connectivity index (χ3n) is 4.51. The van der Waals surface area contributed by atoms with E-state index in [1.54, 1.807) is 24.3 Å². The van der Waals surface area contributed by atoms with E-state index in [0.717, 1.165) is 5.75 Å². The lowest BCUT2D eigenvalue weighted by atomic mass is 10.1. The summed E-state index contributed by atoms with van der Waals surface area (Å²) < 4.78 is 15.6. The second-order valence-electron chi connectivity index (χ2n) is 8.36. The highest BCUT2D eigenvalue weighted by atomic mass is 16.6. The molecule has 2 aromatic rings. The van der Waals surface area contributed by atoms with Crippen LogP contribution < -0.4 is 4.74 Å². The van der Waals surface area contributed by atoms with Gasteiger partial charge in [0.1, 0.15) is 23.5 Å². The Morgan fingerprint density at radius 3 is 1.97 bits per heavy atom. The number of esters is 2. The molecule has 0 aliphatic carbocycles. The van der Waals surface area contributed by atoms with Crippen LogP contribution in [0.25, 0.3) is 0 Å². The molecule has 7 nitrogen and oxygen atoms in total. The lowest BCUT2D eigenvalue weighted by Crippen LogP contribution is -2.41. The average Bonchev–Trinajstić information content (AvgIpc) is 3.16. The largest absolute Gasteiger partial charge is 0.488 e. The van der Waals surface area contributed by atoms with Gasteiger partial charge >= 0.3 is 11.9 Å². The first-order chi connectivity index (χ1) is 15.1. The fourth-order valence-electron chi connectivity index (χ4n) is 3.34. The first kappa shape index (κ1) is 24.9. The fourth-order valence-corrected chi connectivity index (χ4v) is 3.34. The maximum Gasteiger partial charge on any atom is 0.328 e. The summed E-state index contributed by atoms with van der Waals surface area (Å²) in [5, 5.41) is 0. The molecule has 172 valence electrons. The van der Waals surface area contributed by atoms with E-state index in [1.807, 2.05) is 57.2 Å². The third-order valence-corrected chi connectivity index (χ3v) is 4.51. The van der Waals surface area contributed by atoms with Crippen molar-refractivity contribution in [2.45, 2.75) is 51.9 Å². The van der Waals surface area contributed by atoms with Gasteiger partial charge in [-0.25, -0.2) is 4.79 Å². The van der Waals surface area contributed by atoms with Crippen LogP contribution in [0.5, 0.6) is 5.75 Å². The fraction of sp³-hybridized carbons (Fsp3) is 0.400. The molecule has 1 saturated heterocycles. The lowest BCUT2D eigenvalue weighted by molar-refractivity contribution is -0.152. The van der Waals surface area contributed by atoms with Crippen LogP contribution in [0.2, 0.25) is 0 Å². The van der Waals surface area contributed by atoms with Crippen molar-refractivity contribution in [3.63, 3.8) is 0 Å². The van der Waals surface area contributed by atoms with Crippen LogP contribution in [0.3, 0.4) is 0 Å². The molecule has 0 N–H and O–H groups in total. The molecule has 1 heterocycles. The van der Waals surface area contributed by atoms with Gasteiger partial charge in [0.2, 0.25) is 0 Å². The van der Waals surface area contributed by atoms with Gasteiger partial charge < -0.3 is 19.1 Å². The zero-order valence-corrected chi connectivity index (χ0v) is 19.2. The lowest BCUT2D eigenvalue weighted by Gasteiger charge is -2.22. The first-order valence-electron chi connectivity index (χ1n) is 10.5. The highest BCUT2D eigenvalue weighted by Gasteiger charge is 2.41.